The highest BCUT2D eigenvalue weighted by atomic mass is 32.2. The number of nitrogens with zero attached hydrogens (tertiary/aromatic N) is 1. The third-order valence-electron chi connectivity index (χ3n) is 4.03. The average molecular weight is 421 g/mol. The van der Waals surface area contributed by atoms with Crippen LogP contribution >= 0.6 is 0 Å². The summed E-state index contributed by atoms with van der Waals surface area (Å²) in [4.78, 5) is 16.5. The fourth-order valence-electron chi connectivity index (χ4n) is 2.48. The summed E-state index contributed by atoms with van der Waals surface area (Å²) < 4.78 is 27.7. The van der Waals surface area contributed by atoms with E-state index >= 15 is 0 Å². The van der Waals surface area contributed by atoms with Crippen LogP contribution < -0.4 is 16.0 Å². The summed E-state index contributed by atoms with van der Waals surface area (Å²) in [7, 11) is -2.99. The van der Waals surface area contributed by atoms with Crippen LogP contribution in [0.1, 0.15) is 36.4 Å². The van der Waals surface area contributed by atoms with Gasteiger partial charge in [0.15, 0.2) is 11.7 Å². The van der Waals surface area contributed by atoms with Crippen LogP contribution in [0.4, 0.5) is 5.69 Å². The van der Waals surface area contributed by atoms with Gasteiger partial charge in [-0.05, 0) is 50.1 Å². The third kappa shape index (κ3) is 8.39. The minimum atomic E-state index is -2.99. The number of benzene rings is 1. The van der Waals surface area contributed by atoms with Crippen molar-refractivity contribution in [3.63, 3.8) is 0 Å². The van der Waals surface area contributed by atoms with Crippen molar-refractivity contribution in [2.45, 2.75) is 32.9 Å². The second-order valence-corrected chi connectivity index (χ2v) is 9.05. The number of sulfone groups is 1. The van der Waals surface area contributed by atoms with E-state index in [1.165, 1.54) is 12.5 Å². The molecule has 0 spiro atoms. The van der Waals surface area contributed by atoms with Gasteiger partial charge in [-0.25, -0.2) is 13.4 Å². The van der Waals surface area contributed by atoms with Crippen LogP contribution in [0.5, 0.6) is 0 Å². The van der Waals surface area contributed by atoms with Crippen LogP contribution in [0.3, 0.4) is 0 Å². The minimum Gasteiger partial charge on any atom is -0.459 e. The Balaban J connectivity index is 1.91. The van der Waals surface area contributed by atoms with Gasteiger partial charge in [-0.2, -0.15) is 0 Å². The first kappa shape index (κ1) is 22.5. The van der Waals surface area contributed by atoms with E-state index in [4.69, 9.17) is 4.42 Å². The molecular weight excluding hydrogens is 392 g/mol. The highest BCUT2D eigenvalue weighted by molar-refractivity contribution is 7.90. The van der Waals surface area contributed by atoms with Crippen molar-refractivity contribution >= 4 is 27.4 Å². The molecule has 0 saturated carbocycles. The van der Waals surface area contributed by atoms with Gasteiger partial charge in [0.1, 0.15) is 9.84 Å². The Morgan fingerprint density at radius 2 is 1.93 bits per heavy atom. The number of aliphatic imine (C=N–C) groups is 1. The van der Waals surface area contributed by atoms with Crippen LogP contribution in [0, 0.1) is 0 Å². The zero-order chi connectivity index (χ0) is 21.3. The van der Waals surface area contributed by atoms with Gasteiger partial charge in [0.05, 0.1) is 18.6 Å². The van der Waals surface area contributed by atoms with Gasteiger partial charge in [0.2, 0.25) is 0 Å². The quantitative estimate of drug-likeness (QED) is 0.424. The highest BCUT2D eigenvalue weighted by Crippen LogP contribution is 2.12. The molecule has 0 aliphatic carbocycles. The number of carbonyl (C=O) groups is 1. The molecule has 1 aromatic carbocycles. The number of amides is 1. The van der Waals surface area contributed by atoms with Gasteiger partial charge in [-0.3, -0.25) is 4.79 Å². The van der Waals surface area contributed by atoms with Gasteiger partial charge < -0.3 is 20.4 Å². The molecule has 0 aliphatic heterocycles. The molecule has 0 radical (unpaired) electrons. The van der Waals surface area contributed by atoms with Crippen molar-refractivity contribution in [1.29, 1.82) is 0 Å². The summed E-state index contributed by atoms with van der Waals surface area (Å²) >= 11 is 0. The summed E-state index contributed by atoms with van der Waals surface area (Å²) in [5.41, 5.74) is 1.64. The molecule has 0 fully saturated rings. The first-order valence-corrected chi connectivity index (χ1v) is 11.5. The van der Waals surface area contributed by atoms with Gasteiger partial charge >= 0.3 is 0 Å². The molecule has 0 aliphatic rings. The first-order chi connectivity index (χ1) is 13.8. The Kier molecular flexibility index (Phi) is 8.26. The minimum absolute atomic E-state index is 0.0262. The Labute approximate surface area is 171 Å². The zero-order valence-corrected chi connectivity index (χ0v) is 17.8. The second-order valence-electron chi connectivity index (χ2n) is 6.79. The normalized spacial score (nSPS) is 13.0. The third-order valence-corrected chi connectivity index (χ3v) is 5.00. The van der Waals surface area contributed by atoms with Gasteiger partial charge in [-0.15, -0.1) is 0 Å². The van der Waals surface area contributed by atoms with Crippen molar-refractivity contribution in [1.82, 2.24) is 10.6 Å². The lowest BCUT2D eigenvalue weighted by atomic mass is 10.2. The van der Waals surface area contributed by atoms with Gasteiger partial charge in [0.25, 0.3) is 5.91 Å². The Morgan fingerprint density at radius 1 is 1.21 bits per heavy atom. The predicted molar refractivity (Wildman–Crippen MR) is 115 cm³/mol. The molecule has 3 N–H and O–H groups in total. The zero-order valence-electron chi connectivity index (χ0n) is 16.9. The maximum Gasteiger partial charge on any atom is 0.291 e. The molecule has 29 heavy (non-hydrogen) atoms. The molecule has 0 bridgehead atoms. The Morgan fingerprint density at radius 3 is 2.52 bits per heavy atom. The van der Waals surface area contributed by atoms with Crippen molar-refractivity contribution in [2.24, 2.45) is 4.99 Å². The lowest BCUT2D eigenvalue weighted by molar-refractivity contribution is 0.0996. The molecule has 158 valence electrons. The summed E-state index contributed by atoms with van der Waals surface area (Å²) in [5, 5.41) is 9.14. The molecule has 9 heteroatoms. The summed E-state index contributed by atoms with van der Waals surface area (Å²) in [5.74, 6) is 0.711. The standard InChI is InChI=1S/C20H28N4O4S/c1-4-21-20(23-15(2)11-13-29(3,26)27)22-14-16-7-9-17(10-8-16)24-19(25)18-6-5-12-28-18/h5-10,12,15H,4,11,13-14H2,1-3H3,(H,24,25)(H2,21,22,23). The number of furan rings is 1. The van der Waals surface area contributed by atoms with Crippen LogP contribution in [-0.4, -0.2) is 44.9 Å². The SMILES string of the molecule is CCNC(=NCc1ccc(NC(=O)c2ccco2)cc1)NC(C)CCS(C)(=O)=O. The van der Waals surface area contributed by atoms with E-state index in [2.05, 4.69) is 20.9 Å². The van der Waals surface area contributed by atoms with E-state index in [1.54, 1.807) is 24.3 Å². The molecule has 1 aromatic heterocycles. The van der Waals surface area contributed by atoms with Crippen molar-refractivity contribution < 1.29 is 17.6 Å². The first-order valence-electron chi connectivity index (χ1n) is 9.43. The fraction of sp³-hybridized carbons (Fsp3) is 0.400. The molecular formula is C20H28N4O4S. The summed E-state index contributed by atoms with van der Waals surface area (Å²) in [6.45, 7) is 5.03. The van der Waals surface area contributed by atoms with Crippen molar-refractivity contribution in [2.75, 3.05) is 23.9 Å². The lowest BCUT2D eigenvalue weighted by Gasteiger charge is -2.17. The van der Waals surface area contributed by atoms with Crippen LogP contribution in [0.2, 0.25) is 0 Å². The van der Waals surface area contributed by atoms with E-state index < -0.39 is 9.84 Å². The molecule has 0 saturated heterocycles. The number of nitrogens with one attached hydrogen (secondary N) is 3. The topological polar surface area (TPSA) is 113 Å². The van der Waals surface area contributed by atoms with Crippen molar-refractivity contribution in [3.8, 4) is 0 Å². The summed E-state index contributed by atoms with van der Waals surface area (Å²) in [6, 6.07) is 10.6. The smallest absolute Gasteiger partial charge is 0.291 e. The number of carbonyl (C=O) groups excluding carboxylic acids is 1. The number of guanidine groups is 1. The molecule has 2 rings (SSSR count). The number of hydrogen-bond acceptors (Lipinski definition) is 5. The Hall–Kier alpha value is -2.81. The fourth-order valence-corrected chi connectivity index (χ4v) is 3.26. The summed E-state index contributed by atoms with van der Waals surface area (Å²) in [6.07, 6.45) is 3.20. The average Bonchev–Trinajstić information content (AvgIpc) is 3.20. The molecule has 8 nitrogen and oxygen atoms in total. The maximum atomic E-state index is 12.0. The van der Waals surface area contributed by atoms with E-state index in [-0.39, 0.29) is 23.5 Å². The highest BCUT2D eigenvalue weighted by Gasteiger charge is 2.10. The van der Waals surface area contributed by atoms with Crippen LogP contribution in [0.15, 0.2) is 52.1 Å². The van der Waals surface area contributed by atoms with Crippen LogP contribution in [-0.2, 0) is 16.4 Å². The largest absolute Gasteiger partial charge is 0.459 e. The second kappa shape index (κ2) is 10.7. The van der Waals surface area contributed by atoms with Gasteiger partial charge in [0, 0.05) is 24.5 Å². The molecule has 2 aromatic rings. The lowest BCUT2D eigenvalue weighted by Crippen LogP contribution is -2.42. The molecule has 1 unspecified atom stereocenters. The van der Waals surface area contributed by atoms with E-state index in [0.717, 1.165) is 5.56 Å². The maximum absolute atomic E-state index is 12.0. The van der Waals surface area contributed by atoms with Crippen LogP contribution in [0.25, 0.3) is 0 Å². The number of rotatable bonds is 9. The Bertz CT molecular complexity index is 906. The van der Waals surface area contributed by atoms with E-state index in [9.17, 15) is 13.2 Å². The van der Waals surface area contributed by atoms with Gasteiger partial charge in [-0.1, -0.05) is 12.1 Å². The monoisotopic (exact) mass is 420 g/mol. The van der Waals surface area contributed by atoms with E-state index in [1.807, 2.05) is 26.0 Å². The molecule has 1 amide bonds. The number of hydrogen-bond donors (Lipinski definition) is 3. The predicted octanol–water partition coefficient (Wildman–Crippen LogP) is 2.41. The number of anilines is 1. The van der Waals surface area contributed by atoms with E-state index in [0.29, 0.717) is 31.2 Å². The molecule has 1 atom stereocenters. The molecule has 1 heterocycles. The van der Waals surface area contributed by atoms with Crippen molar-refractivity contribution in [3.05, 3.63) is 54.0 Å².